The molecule has 0 saturated carbocycles. The second kappa shape index (κ2) is 2.57. The van der Waals surface area contributed by atoms with Crippen molar-refractivity contribution in [3.05, 3.63) is 35.4 Å². The van der Waals surface area contributed by atoms with Crippen LogP contribution in [0.15, 0.2) is 24.3 Å². The zero-order valence-electron chi connectivity index (χ0n) is 8.84. The average Bonchev–Trinajstić information content (AvgIpc) is 2.27. The lowest BCUT2D eigenvalue weighted by Gasteiger charge is -2.36. The molecule has 1 aliphatic rings. The summed E-state index contributed by atoms with van der Waals surface area (Å²) in [6.07, 6.45) is -0.964. The quantitative estimate of drug-likeness (QED) is 0.673. The van der Waals surface area contributed by atoms with Crippen LogP contribution in [-0.4, -0.2) is 0 Å². The van der Waals surface area contributed by atoms with E-state index in [9.17, 15) is 4.39 Å². The van der Waals surface area contributed by atoms with Crippen molar-refractivity contribution in [3.63, 3.8) is 0 Å². The molecule has 14 heavy (non-hydrogen) atoms. The Balaban J connectivity index is 2.68. The first-order chi connectivity index (χ1) is 6.39. The number of benzene rings is 1. The number of rotatable bonds is 0. The van der Waals surface area contributed by atoms with Crippen LogP contribution in [0.1, 0.15) is 38.1 Å². The van der Waals surface area contributed by atoms with E-state index in [1.54, 1.807) is 0 Å². The number of alkyl halides is 1. The number of halogens is 1. The summed E-state index contributed by atoms with van der Waals surface area (Å²) in [6, 6.07) is 7.54. The zero-order valence-corrected chi connectivity index (χ0v) is 8.84. The van der Waals surface area contributed by atoms with Crippen molar-refractivity contribution in [3.8, 4) is 0 Å². The fourth-order valence-electron chi connectivity index (χ4n) is 2.19. The maximum Gasteiger partial charge on any atom is 0.133 e. The Morgan fingerprint density at radius 3 is 2.36 bits per heavy atom. The van der Waals surface area contributed by atoms with Gasteiger partial charge in [-0.15, -0.1) is 0 Å². The first-order valence-corrected chi connectivity index (χ1v) is 4.91. The van der Waals surface area contributed by atoms with Crippen LogP contribution in [0.5, 0.6) is 0 Å². The largest absolute Gasteiger partial charge is 0.321 e. The molecule has 2 heteroatoms. The van der Waals surface area contributed by atoms with Gasteiger partial charge in [-0.1, -0.05) is 38.1 Å². The molecule has 0 aliphatic heterocycles. The Labute approximate surface area is 84.1 Å². The normalized spacial score (nSPS) is 34.2. The summed E-state index contributed by atoms with van der Waals surface area (Å²) in [5.74, 6) is 0. The van der Waals surface area contributed by atoms with E-state index in [2.05, 4.69) is 0 Å². The van der Waals surface area contributed by atoms with Crippen LogP contribution in [0.3, 0.4) is 0 Å². The molecule has 1 nitrogen and oxygen atoms in total. The zero-order chi connectivity index (χ0) is 10.6. The molecular weight excluding hydrogens is 177 g/mol. The Kier molecular flexibility index (Phi) is 1.77. The van der Waals surface area contributed by atoms with Crippen LogP contribution < -0.4 is 5.73 Å². The third-order valence-corrected chi connectivity index (χ3v) is 3.77. The summed E-state index contributed by atoms with van der Waals surface area (Å²) in [7, 11) is 0. The predicted octanol–water partition coefficient (Wildman–Crippen LogP) is 2.91. The van der Waals surface area contributed by atoms with Gasteiger partial charge in [0.2, 0.25) is 0 Å². The van der Waals surface area contributed by atoms with Crippen LogP contribution in [0.25, 0.3) is 0 Å². The number of hydrogen-bond acceptors (Lipinski definition) is 1. The molecule has 2 rings (SSSR count). The molecule has 0 aromatic heterocycles. The highest BCUT2D eigenvalue weighted by atomic mass is 19.1. The molecule has 1 aromatic carbocycles. The molecule has 2 atom stereocenters. The van der Waals surface area contributed by atoms with E-state index in [1.165, 1.54) is 0 Å². The van der Waals surface area contributed by atoms with Crippen LogP contribution in [0.4, 0.5) is 4.39 Å². The van der Waals surface area contributed by atoms with Gasteiger partial charge >= 0.3 is 0 Å². The fourth-order valence-corrected chi connectivity index (χ4v) is 2.19. The third-order valence-electron chi connectivity index (χ3n) is 3.77. The highest BCUT2D eigenvalue weighted by Crippen LogP contribution is 2.56. The number of hydrogen-bond donors (Lipinski definition) is 1. The van der Waals surface area contributed by atoms with Gasteiger partial charge in [0, 0.05) is 11.0 Å². The molecule has 1 aliphatic carbocycles. The first kappa shape index (κ1) is 9.66. The summed E-state index contributed by atoms with van der Waals surface area (Å²) < 4.78 is 14.1. The predicted molar refractivity (Wildman–Crippen MR) is 55.6 cm³/mol. The fraction of sp³-hybridized carbons (Fsp3) is 0.500. The minimum absolute atomic E-state index is 0.531. The summed E-state index contributed by atoms with van der Waals surface area (Å²) in [6.45, 7) is 5.68. The molecule has 0 amide bonds. The van der Waals surface area contributed by atoms with Gasteiger partial charge in [-0.2, -0.15) is 0 Å². The Hall–Kier alpha value is -0.890. The standard InChI is InChI=1S/C12H16FN/c1-11(2)10(13)8-6-4-5-7-9(8)12(11,3)14/h4-7,10H,14H2,1-3H3. The molecule has 2 N–H and O–H groups in total. The molecule has 0 spiro atoms. The highest BCUT2D eigenvalue weighted by molar-refractivity contribution is 5.43. The lowest BCUT2D eigenvalue weighted by atomic mass is 9.74. The van der Waals surface area contributed by atoms with Crippen LogP contribution in [0, 0.1) is 5.41 Å². The average molecular weight is 193 g/mol. The Bertz CT molecular complexity index is 368. The van der Waals surface area contributed by atoms with Crippen molar-refractivity contribution in [1.82, 2.24) is 0 Å². The van der Waals surface area contributed by atoms with Crippen molar-refractivity contribution in [1.29, 1.82) is 0 Å². The van der Waals surface area contributed by atoms with Gasteiger partial charge in [0.25, 0.3) is 0 Å². The first-order valence-electron chi connectivity index (χ1n) is 4.91. The van der Waals surface area contributed by atoms with Gasteiger partial charge in [0.05, 0.1) is 0 Å². The van der Waals surface area contributed by atoms with Crippen molar-refractivity contribution in [2.75, 3.05) is 0 Å². The maximum absolute atomic E-state index is 14.1. The summed E-state index contributed by atoms with van der Waals surface area (Å²) in [5.41, 5.74) is 6.80. The van der Waals surface area contributed by atoms with Crippen molar-refractivity contribution in [2.24, 2.45) is 11.1 Å². The molecule has 2 unspecified atom stereocenters. The summed E-state index contributed by atoms with van der Waals surface area (Å²) in [5, 5.41) is 0. The molecule has 1 aromatic rings. The molecule has 0 heterocycles. The maximum atomic E-state index is 14.1. The van der Waals surface area contributed by atoms with E-state index in [-0.39, 0.29) is 0 Å². The number of fused-ring (bicyclic) bond motifs is 1. The highest BCUT2D eigenvalue weighted by Gasteiger charge is 2.53. The van der Waals surface area contributed by atoms with Crippen LogP contribution in [0.2, 0.25) is 0 Å². The van der Waals surface area contributed by atoms with Gasteiger partial charge in [-0.25, -0.2) is 4.39 Å². The smallest absolute Gasteiger partial charge is 0.133 e. The molecule has 0 fully saturated rings. The SMILES string of the molecule is CC1(N)c2ccccc2C(F)C1(C)C. The molecule has 76 valence electrons. The van der Waals surface area contributed by atoms with E-state index in [0.29, 0.717) is 0 Å². The van der Waals surface area contributed by atoms with Crippen LogP contribution >= 0.6 is 0 Å². The topological polar surface area (TPSA) is 26.0 Å². The van der Waals surface area contributed by atoms with E-state index in [0.717, 1.165) is 11.1 Å². The second-order valence-corrected chi connectivity index (χ2v) is 4.87. The minimum atomic E-state index is -0.964. The van der Waals surface area contributed by atoms with E-state index >= 15 is 0 Å². The molecule has 0 bridgehead atoms. The minimum Gasteiger partial charge on any atom is -0.321 e. The van der Waals surface area contributed by atoms with Gasteiger partial charge in [-0.05, 0) is 18.1 Å². The van der Waals surface area contributed by atoms with Gasteiger partial charge < -0.3 is 5.73 Å². The van der Waals surface area contributed by atoms with Crippen LogP contribution in [-0.2, 0) is 5.54 Å². The molecular formula is C12H16FN. The summed E-state index contributed by atoms with van der Waals surface area (Å²) >= 11 is 0. The number of nitrogens with two attached hydrogens (primary N) is 1. The van der Waals surface area contributed by atoms with Crippen molar-refractivity contribution in [2.45, 2.75) is 32.5 Å². The monoisotopic (exact) mass is 193 g/mol. The second-order valence-electron chi connectivity index (χ2n) is 4.87. The third kappa shape index (κ3) is 0.921. The van der Waals surface area contributed by atoms with E-state index in [4.69, 9.17) is 5.73 Å². The lowest BCUT2D eigenvalue weighted by molar-refractivity contribution is 0.0873. The molecule has 0 saturated heterocycles. The van der Waals surface area contributed by atoms with Gasteiger partial charge in [0.1, 0.15) is 6.17 Å². The van der Waals surface area contributed by atoms with Crippen molar-refractivity contribution >= 4 is 0 Å². The van der Waals surface area contributed by atoms with Gasteiger partial charge in [0.15, 0.2) is 0 Å². The Morgan fingerprint density at radius 1 is 1.21 bits per heavy atom. The Morgan fingerprint density at radius 2 is 1.79 bits per heavy atom. The molecule has 0 radical (unpaired) electrons. The van der Waals surface area contributed by atoms with Gasteiger partial charge in [-0.3, -0.25) is 0 Å². The summed E-state index contributed by atoms with van der Waals surface area (Å²) in [4.78, 5) is 0. The van der Waals surface area contributed by atoms with Crippen molar-refractivity contribution < 1.29 is 4.39 Å². The van der Waals surface area contributed by atoms with E-state index < -0.39 is 17.1 Å². The van der Waals surface area contributed by atoms with E-state index in [1.807, 2.05) is 45.0 Å². The lowest BCUT2D eigenvalue weighted by Crippen LogP contribution is -2.44.